The lowest BCUT2D eigenvalue weighted by Crippen LogP contribution is -2.33. The van der Waals surface area contributed by atoms with Crippen LogP contribution in [0.3, 0.4) is 0 Å². The average molecular weight is 300 g/mol. The summed E-state index contributed by atoms with van der Waals surface area (Å²) in [6.07, 6.45) is 6.04. The van der Waals surface area contributed by atoms with Crippen molar-refractivity contribution in [3.63, 3.8) is 0 Å². The third kappa shape index (κ3) is 3.05. The summed E-state index contributed by atoms with van der Waals surface area (Å²) in [5, 5.41) is 2.23. The van der Waals surface area contributed by atoms with E-state index in [2.05, 4.69) is 48.1 Å². The Morgan fingerprint density at radius 3 is 3.10 bits per heavy atom. The highest BCUT2D eigenvalue weighted by Crippen LogP contribution is 2.42. The van der Waals surface area contributed by atoms with Gasteiger partial charge in [-0.2, -0.15) is 0 Å². The van der Waals surface area contributed by atoms with Crippen LogP contribution in [0.5, 0.6) is 0 Å². The molecule has 3 N–H and O–H groups in total. The molecule has 2 aromatic rings. The fourth-order valence-electron chi connectivity index (χ4n) is 3.54. The quantitative estimate of drug-likeness (QED) is 0.637. The van der Waals surface area contributed by atoms with E-state index >= 15 is 0 Å². The maximum Gasteiger partial charge on any atom is 0.0528 e. The van der Waals surface area contributed by atoms with Crippen molar-refractivity contribution in [1.82, 2.24) is 5.43 Å². The molecule has 0 spiro atoms. The zero-order valence-electron chi connectivity index (χ0n) is 12.6. The molecule has 112 valence electrons. The van der Waals surface area contributed by atoms with Crippen LogP contribution in [0.25, 0.3) is 0 Å². The van der Waals surface area contributed by atoms with Crippen LogP contribution in [0, 0.1) is 0 Å². The molecular formula is C18H24N2S. The topological polar surface area (TPSA) is 38.0 Å². The van der Waals surface area contributed by atoms with Gasteiger partial charge in [-0.15, -0.1) is 11.3 Å². The Balaban J connectivity index is 1.91. The second-order valence-corrected chi connectivity index (χ2v) is 6.94. The van der Waals surface area contributed by atoms with E-state index in [1.54, 1.807) is 4.88 Å². The molecule has 21 heavy (non-hydrogen) atoms. The van der Waals surface area contributed by atoms with Gasteiger partial charge in [0.1, 0.15) is 0 Å². The summed E-state index contributed by atoms with van der Waals surface area (Å²) < 4.78 is 0. The van der Waals surface area contributed by atoms with Crippen LogP contribution >= 0.6 is 11.3 Å². The van der Waals surface area contributed by atoms with Crippen molar-refractivity contribution in [2.24, 2.45) is 5.84 Å². The minimum Gasteiger partial charge on any atom is -0.271 e. The van der Waals surface area contributed by atoms with Crippen LogP contribution in [0.1, 0.15) is 59.7 Å². The van der Waals surface area contributed by atoms with E-state index in [1.807, 2.05) is 11.3 Å². The number of hydrogen-bond acceptors (Lipinski definition) is 3. The smallest absolute Gasteiger partial charge is 0.0528 e. The predicted molar refractivity (Wildman–Crippen MR) is 90.5 cm³/mol. The number of hydrogen-bond donors (Lipinski definition) is 2. The van der Waals surface area contributed by atoms with Crippen molar-refractivity contribution in [2.45, 2.75) is 51.0 Å². The minimum absolute atomic E-state index is 0.218. The Morgan fingerprint density at radius 2 is 2.29 bits per heavy atom. The molecule has 1 aliphatic rings. The van der Waals surface area contributed by atoms with Crippen molar-refractivity contribution in [3.8, 4) is 0 Å². The zero-order chi connectivity index (χ0) is 14.7. The lowest BCUT2D eigenvalue weighted by molar-refractivity contribution is 0.410. The first-order chi connectivity index (χ1) is 10.3. The molecule has 1 aromatic carbocycles. The van der Waals surface area contributed by atoms with E-state index in [0.717, 1.165) is 6.42 Å². The molecule has 0 bridgehead atoms. The summed E-state index contributed by atoms with van der Waals surface area (Å²) in [6, 6.07) is 11.4. The zero-order valence-corrected chi connectivity index (χ0v) is 13.5. The first-order valence-corrected chi connectivity index (χ1v) is 8.82. The molecule has 0 radical (unpaired) electrons. The molecule has 0 saturated carbocycles. The van der Waals surface area contributed by atoms with E-state index < -0.39 is 0 Å². The Labute approximate surface area is 131 Å². The van der Waals surface area contributed by atoms with Crippen molar-refractivity contribution >= 4 is 11.3 Å². The standard InChI is InChI=1S/C18H24N2S/c1-2-5-13-6-3-7-14(12-13)18(20-19)16-8-4-9-17-15(16)10-11-21-17/h3,6-7,10-12,16,18,20H,2,4-5,8-9,19H2,1H3. The number of thiophene rings is 1. The summed E-state index contributed by atoms with van der Waals surface area (Å²) in [6.45, 7) is 2.23. The van der Waals surface area contributed by atoms with Crippen LogP contribution in [-0.2, 0) is 12.8 Å². The van der Waals surface area contributed by atoms with Gasteiger partial charge >= 0.3 is 0 Å². The summed E-state index contributed by atoms with van der Waals surface area (Å²) in [5.74, 6) is 6.44. The van der Waals surface area contributed by atoms with Gasteiger partial charge in [0.2, 0.25) is 0 Å². The van der Waals surface area contributed by atoms with Gasteiger partial charge in [-0.05, 0) is 53.8 Å². The summed E-state index contributed by atoms with van der Waals surface area (Å²) in [4.78, 5) is 1.55. The van der Waals surface area contributed by atoms with E-state index in [4.69, 9.17) is 5.84 Å². The summed E-state index contributed by atoms with van der Waals surface area (Å²) in [7, 11) is 0. The van der Waals surface area contributed by atoms with Crippen LogP contribution in [-0.4, -0.2) is 0 Å². The van der Waals surface area contributed by atoms with Crippen molar-refractivity contribution in [2.75, 3.05) is 0 Å². The third-order valence-corrected chi connectivity index (χ3v) is 5.53. The van der Waals surface area contributed by atoms with Gasteiger partial charge in [0.05, 0.1) is 6.04 Å². The van der Waals surface area contributed by atoms with Crippen LogP contribution in [0.4, 0.5) is 0 Å². The van der Waals surface area contributed by atoms with E-state index in [9.17, 15) is 0 Å². The summed E-state index contributed by atoms with van der Waals surface area (Å²) >= 11 is 1.89. The Kier molecular flexibility index (Phi) is 4.73. The molecule has 3 rings (SSSR count). The molecular weight excluding hydrogens is 276 g/mol. The van der Waals surface area contributed by atoms with Crippen LogP contribution in [0.15, 0.2) is 35.7 Å². The molecule has 3 heteroatoms. The molecule has 0 saturated heterocycles. The van der Waals surface area contributed by atoms with Gasteiger partial charge in [0.15, 0.2) is 0 Å². The Bertz CT molecular complexity index is 590. The maximum atomic E-state index is 5.94. The number of fused-ring (bicyclic) bond motifs is 1. The molecule has 0 fully saturated rings. The van der Waals surface area contributed by atoms with Gasteiger partial charge in [-0.1, -0.05) is 37.6 Å². The number of benzene rings is 1. The van der Waals surface area contributed by atoms with Gasteiger partial charge < -0.3 is 0 Å². The van der Waals surface area contributed by atoms with Gasteiger partial charge in [0.25, 0.3) is 0 Å². The van der Waals surface area contributed by atoms with E-state index in [1.165, 1.54) is 42.4 Å². The predicted octanol–water partition coefficient (Wildman–Crippen LogP) is 4.33. The van der Waals surface area contributed by atoms with Crippen LogP contribution < -0.4 is 11.3 Å². The number of aryl methyl sites for hydroxylation is 2. The minimum atomic E-state index is 0.218. The second kappa shape index (κ2) is 6.73. The van der Waals surface area contributed by atoms with Gasteiger partial charge in [-0.3, -0.25) is 11.3 Å². The molecule has 0 aliphatic heterocycles. The molecule has 1 heterocycles. The Morgan fingerprint density at radius 1 is 1.38 bits per heavy atom. The van der Waals surface area contributed by atoms with Gasteiger partial charge in [0, 0.05) is 10.8 Å². The van der Waals surface area contributed by atoms with E-state index in [-0.39, 0.29) is 6.04 Å². The second-order valence-electron chi connectivity index (χ2n) is 5.94. The lowest BCUT2D eigenvalue weighted by Gasteiger charge is -2.31. The lowest BCUT2D eigenvalue weighted by atomic mass is 9.80. The van der Waals surface area contributed by atoms with Crippen molar-refractivity contribution < 1.29 is 0 Å². The summed E-state index contributed by atoms with van der Waals surface area (Å²) in [5.41, 5.74) is 7.34. The molecule has 1 aliphatic carbocycles. The number of nitrogens with two attached hydrogens (primary N) is 1. The average Bonchev–Trinajstić information content (AvgIpc) is 2.98. The van der Waals surface area contributed by atoms with E-state index in [0.29, 0.717) is 5.92 Å². The fourth-order valence-corrected chi connectivity index (χ4v) is 4.54. The third-order valence-electron chi connectivity index (χ3n) is 4.53. The highest BCUT2D eigenvalue weighted by Gasteiger charge is 2.29. The monoisotopic (exact) mass is 300 g/mol. The van der Waals surface area contributed by atoms with Crippen molar-refractivity contribution in [1.29, 1.82) is 0 Å². The molecule has 2 nitrogen and oxygen atoms in total. The van der Waals surface area contributed by atoms with Crippen molar-refractivity contribution in [3.05, 3.63) is 57.3 Å². The normalized spacial score (nSPS) is 19.2. The molecule has 2 unspecified atom stereocenters. The number of nitrogens with one attached hydrogen (secondary N) is 1. The van der Waals surface area contributed by atoms with Gasteiger partial charge in [-0.25, -0.2) is 0 Å². The number of hydrazine groups is 1. The first kappa shape index (κ1) is 14.8. The molecule has 0 amide bonds. The molecule has 2 atom stereocenters. The maximum absolute atomic E-state index is 5.94. The Hall–Kier alpha value is -1.16. The SMILES string of the molecule is CCCc1cccc(C(NN)C2CCCc3sccc32)c1. The largest absolute Gasteiger partial charge is 0.271 e. The fraction of sp³-hybridized carbons (Fsp3) is 0.444. The highest BCUT2D eigenvalue weighted by molar-refractivity contribution is 7.10. The highest BCUT2D eigenvalue weighted by atomic mass is 32.1. The van der Waals surface area contributed by atoms with Crippen LogP contribution in [0.2, 0.25) is 0 Å². The number of rotatable bonds is 5. The molecule has 1 aromatic heterocycles. The first-order valence-electron chi connectivity index (χ1n) is 7.94.